The Kier molecular flexibility index (Phi) is 6.61. The molecule has 0 aliphatic heterocycles. The Morgan fingerprint density at radius 3 is 2.39 bits per heavy atom. The maximum absolute atomic E-state index is 5.08. The Hall–Kier alpha value is -0.643. The zero-order chi connectivity index (χ0) is 13.4. The molecule has 0 amide bonds. The molecule has 1 unspecified atom stereocenters. The van der Waals surface area contributed by atoms with Gasteiger partial charge in [-0.25, -0.2) is 0 Å². The Balaban J connectivity index is 2.58. The van der Waals surface area contributed by atoms with Crippen molar-refractivity contribution in [2.24, 2.45) is 0 Å². The van der Waals surface area contributed by atoms with Gasteiger partial charge in [-0.1, -0.05) is 50.0 Å². The Morgan fingerprint density at radius 1 is 1.17 bits per heavy atom. The lowest BCUT2D eigenvalue weighted by molar-refractivity contribution is 0.199. The fraction of sp³-hybridized carbons (Fsp3) is 0.600. The number of hydrogen-bond acceptors (Lipinski definition) is 2. The van der Waals surface area contributed by atoms with Gasteiger partial charge in [0.25, 0.3) is 0 Å². The van der Waals surface area contributed by atoms with Gasteiger partial charge in [0.15, 0.2) is 0 Å². The molecule has 0 saturated carbocycles. The Labute approximate surface area is 113 Å². The van der Waals surface area contributed by atoms with E-state index in [-0.39, 0.29) is 0 Å². The number of hydrogen-bond donors (Lipinski definition) is 1. The first-order chi connectivity index (χ1) is 8.53. The minimum Gasteiger partial charge on any atom is -0.383 e. The molecule has 18 heavy (non-hydrogen) atoms. The van der Waals surface area contributed by atoms with Crippen LogP contribution in [0.25, 0.3) is 0 Å². The molecular weight excluding hydrogens is 238 g/mol. The van der Waals surface area contributed by atoms with Crippen LogP contribution in [0.15, 0.2) is 30.3 Å². The van der Waals surface area contributed by atoms with Gasteiger partial charge >= 0.3 is 0 Å². The van der Waals surface area contributed by atoms with Crippen LogP contribution in [0.4, 0.5) is 0 Å². The van der Waals surface area contributed by atoms with Crippen molar-refractivity contribution in [3.05, 3.63) is 35.9 Å². The molecule has 0 aliphatic carbocycles. The minimum atomic E-state index is -1.04. The third-order valence-corrected chi connectivity index (χ3v) is 4.72. The van der Waals surface area contributed by atoms with Crippen molar-refractivity contribution in [2.45, 2.75) is 31.6 Å². The van der Waals surface area contributed by atoms with E-state index in [1.807, 2.05) is 0 Å². The second kappa shape index (κ2) is 7.72. The van der Waals surface area contributed by atoms with Crippen molar-refractivity contribution in [1.29, 1.82) is 0 Å². The van der Waals surface area contributed by atoms with E-state index >= 15 is 0 Å². The van der Waals surface area contributed by atoms with Crippen LogP contribution in [-0.2, 0) is 4.74 Å². The fourth-order valence-electron chi connectivity index (χ4n) is 2.22. The van der Waals surface area contributed by atoms with E-state index < -0.39 is 8.07 Å². The molecule has 1 aromatic rings. The van der Waals surface area contributed by atoms with Crippen LogP contribution in [0.5, 0.6) is 0 Å². The van der Waals surface area contributed by atoms with E-state index in [1.54, 1.807) is 7.11 Å². The summed E-state index contributed by atoms with van der Waals surface area (Å²) < 4.78 is 5.08. The summed E-state index contributed by atoms with van der Waals surface area (Å²) in [5.41, 5.74) is 1.46. The third kappa shape index (κ3) is 6.33. The topological polar surface area (TPSA) is 21.3 Å². The highest BCUT2D eigenvalue weighted by Gasteiger charge is 2.21. The van der Waals surface area contributed by atoms with Gasteiger partial charge in [0.05, 0.1) is 6.61 Å². The average Bonchev–Trinajstić information content (AvgIpc) is 2.33. The number of benzene rings is 1. The van der Waals surface area contributed by atoms with Gasteiger partial charge < -0.3 is 10.1 Å². The highest BCUT2D eigenvalue weighted by molar-refractivity contribution is 6.76. The second-order valence-corrected chi connectivity index (χ2v) is 11.6. The molecule has 102 valence electrons. The van der Waals surface area contributed by atoms with Crippen LogP contribution in [0.2, 0.25) is 25.7 Å². The van der Waals surface area contributed by atoms with Gasteiger partial charge in [0, 0.05) is 28.3 Å². The van der Waals surface area contributed by atoms with Gasteiger partial charge in [-0.15, -0.1) is 0 Å². The molecule has 0 heterocycles. The van der Waals surface area contributed by atoms with Gasteiger partial charge in [-0.05, 0) is 17.5 Å². The summed E-state index contributed by atoms with van der Waals surface area (Å²) in [6.45, 7) is 10.1. The zero-order valence-electron chi connectivity index (χ0n) is 12.2. The third-order valence-electron chi connectivity index (χ3n) is 3.00. The predicted octanol–water partition coefficient (Wildman–Crippen LogP) is 3.34. The molecule has 0 aromatic heterocycles. The van der Waals surface area contributed by atoms with Crippen LogP contribution in [0, 0.1) is 0 Å². The van der Waals surface area contributed by atoms with Crippen LogP contribution in [-0.4, -0.2) is 34.9 Å². The van der Waals surface area contributed by atoms with E-state index in [4.69, 9.17) is 4.74 Å². The number of methoxy groups -OCH3 is 1. The van der Waals surface area contributed by atoms with Crippen molar-refractivity contribution in [2.75, 3.05) is 26.8 Å². The molecule has 1 rings (SSSR count). The van der Waals surface area contributed by atoms with Crippen molar-refractivity contribution in [3.63, 3.8) is 0 Å². The first-order valence-electron chi connectivity index (χ1n) is 6.77. The predicted molar refractivity (Wildman–Crippen MR) is 82.1 cm³/mol. The summed E-state index contributed by atoms with van der Waals surface area (Å²) >= 11 is 0. The molecule has 0 aliphatic rings. The summed E-state index contributed by atoms with van der Waals surface area (Å²) in [7, 11) is 0.706. The van der Waals surface area contributed by atoms with E-state index in [1.165, 1.54) is 11.6 Å². The van der Waals surface area contributed by atoms with Gasteiger partial charge in [-0.2, -0.15) is 0 Å². The molecule has 0 radical (unpaired) electrons. The molecule has 0 saturated heterocycles. The van der Waals surface area contributed by atoms with Crippen LogP contribution in [0.1, 0.15) is 11.5 Å². The molecule has 0 bridgehead atoms. The van der Waals surface area contributed by atoms with Gasteiger partial charge in [0.1, 0.15) is 0 Å². The quantitative estimate of drug-likeness (QED) is 0.575. The molecule has 2 nitrogen and oxygen atoms in total. The SMILES string of the molecule is COCCNCC(C[Si](C)(C)C)c1ccccc1. The van der Waals surface area contributed by atoms with E-state index in [9.17, 15) is 0 Å². The summed E-state index contributed by atoms with van der Waals surface area (Å²) in [6.07, 6.45) is 0. The lowest BCUT2D eigenvalue weighted by atomic mass is 10.0. The largest absolute Gasteiger partial charge is 0.383 e. The molecule has 1 atom stereocenters. The summed E-state index contributed by atoms with van der Waals surface area (Å²) in [5.74, 6) is 0.634. The molecule has 1 N–H and O–H groups in total. The number of ether oxygens (including phenoxy) is 1. The fourth-order valence-corrected chi connectivity index (χ4v) is 4.08. The maximum atomic E-state index is 5.08. The lowest BCUT2D eigenvalue weighted by Crippen LogP contribution is -2.30. The van der Waals surface area contributed by atoms with Crippen LogP contribution < -0.4 is 5.32 Å². The number of rotatable bonds is 8. The first kappa shape index (κ1) is 15.4. The first-order valence-corrected chi connectivity index (χ1v) is 10.5. The van der Waals surface area contributed by atoms with Gasteiger partial charge in [0.2, 0.25) is 0 Å². The Morgan fingerprint density at radius 2 is 1.83 bits per heavy atom. The standard InChI is InChI=1S/C15H27NOSi/c1-17-11-10-16-12-15(13-18(2,3)4)14-8-6-5-7-9-14/h5-9,15-16H,10-13H2,1-4H3. The monoisotopic (exact) mass is 265 g/mol. The average molecular weight is 265 g/mol. The minimum absolute atomic E-state index is 0.634. The molecule has 0 spiro atoms. The highest BCUT2D eigenvalue weighted by Crippen LogP contribution is 2.25. The lowest BCUT2D eigenvalue weighted by Gasteiger charge is -2.25. The summed E-state index contributed by atoms with van der Waals surface area (Å²) in [5, 5.41) is 3.50. The van der Waals surface area contributed by atoms with E-state index in [0.29, 0.717) is 5.92 Å². The van der Waals surface area contributed by atoms with E-state index in [0.717, 1.165) is 19.7 Å². The second-order valence-electron chi connectivity index (χ2n) is 6.07. The zero-order valence-corrected chi connectivity index (χ0v) is 13.2. The van der Waals surface area contributed by atoms with E-state index in [2.05, 4.69) is 55.3 Å². The smallest absolute Gasteiger partial charge is 0.0587 e. The van der Waals surface area contributed by atoms with Crippen LogP contribution in [0.3, 0.4) is 0 Å². The molecule has 1 aromatic carbocycles. The van der Waals surface area contributed by atoms with Gasteiger partial charge in [-0.3, -0.25) is 0 Å². The van der Waals surface area contributed by atoms with Crippen molar-refractivity contribution in [3.8, 4) is 0 Å². The Bertz CT molecular complexity index is 321. The molecule has 3 heteroatoms. The normalized spacial score (nSPS) is 13.6. The molecular formula is C15H27NOSi. The summed E-state index contributed by atoms with van der Waals surface area (Å²) in [6, 6.07) is 12.2. The highest BCUT2D eigenvalue weighted by atomic mass is 28.3. The van der Waals surface area contributed by atoms with Crippen molar-refractivity contribution >= 4 is 8.07 Å². The van der Waals surface area contributed by atoms with Crippen molar-refractivity contribution < 1.29 is 4.74 Å². The van der Waals surface area contributed by atoms with Crippen LogP contribution >= 0.6 is 0 Å². The number of nitrogens with one attached hydrogen (secondary N) is 1. The van der Waals surface area contributed by atoms with Crippen molar-refractivity contribution in [1.82, 2.24) is 5.32 Å². The molecule has 0 fully saturated rings. The summed E-state index contributed by atoms with van der Waals surface area (Å²) in [4.78, 5) is 0. The maximum Gasteiger partial charge on any atom is 0.0587 e.